The van der Waals surface area contributed by atoms with Gasteiger partial charge in [0.05, 0.1) is 6.54 Å². The first-order valence-electron chi connectivity index (χ1n) is 7.04. The molecule has 1 aliphatic heterocycles. The average molecular weight is 341 g/mol. The zero-order chi connectivity index (χ0) is 16.4. The SMILES string of the molecule is O=C(CNc1cccc(C(F)(F)F)n1)N1CCc2sccc2C1. The van der Waals surface area contributed by atoms with Gasteiger partial charge in [-0.05, 0) is 35.6 Å². The van der Waals surface area contributed by atoms with Gasteiger partial charge < -0.3 is 10.2 Å². The van der Waals surface area contributed by atoms with E-state index in [4.69, 9.17) is 0 Å². The Bertz CT molecular complexity index is 714. The predicted octanol–water partition coefficient (Wildman–Crippen LogP) is 3.16. The highest BCUT2D eigenvalue weighted by molar-refractivity contribution is 7.10. The lowest BCUT2D eigenvalue weighted by atomic mass is 10.1. The summed E-state index contributed by atoms with van der Waals surface area (Å²) in [6.07, 6.45) is -3.68. The molecule has 23 heavy (non-hydrogen) atoms. The summed E-state index contributed by atoms with van der Waals surface area (Å²) >= 11 is 1.68. The molecule has 0 aliphatic carbocycles. The lowest BCUT2D eigenvalue weighted by Gasteiger charge is -2.27. The van der Waals surface area contributed by atoms with Crippen molar-refractivity contribution in [1.29, 1.82) is 0 Å². The number of amides is 1. The summed E-state index contributed by atoms with van der Waals surface area (Å²) in [6, 6.07) is 5.58. The molecular weight excluding hydrogens is 327 g/mol. The quantitative estimate of drug-likeness (QED) is 0.933. The van der Waals surface area contributed by atoms with Crippen LogP contribution in [-0.4, -0.2) is 28.9 Å². The number of carbonyl (C=O) groups is 1. The van der Waals surface area contributed by atoms with Crippen molar-refractivity contribution in [1.82, 2.24) is 9.88 Å². The molecule has 0 radical (unpaired) electrons. The number of halogens is 3. The normalized spacial score (nSPS) is 14.5. The number of thiophene rings is 1. The number of pyridine rings is 1. The van der Waals surface area contributed by atoms with Gasteiger partial charge in [-0.3, -0.25) is 4.79 Å². The molecule has 3 heterocycles. The largest absolute Gasteiger partial charge is 0.433 e. The van der Waals surface area contributed by atoms with Crippen molar-refractivity contribution >= 4 is 23.1 Å². The molecular formula is C15H14F3N3OS. The van der Waals surface area contributed by atoms with Crippen molar-refractivity contribution in [3.63, 3.8) is 0 Å². The topological polar surface area (TPSA) is 45.2 Å². The first-order chi connectivity index (χ1) is 10.9. The molecule has 4 nitrogen and oxygen atoms in total. The van der Waals surface area contributed by atoms with Gasteiger partial charge in [-0.1, -0.05) is 6.07 Å². The Balaban J connectivity index is 1.60. The third-order valence-corrected chi connectivity index (χ3v) is 4.64. The van der Waals surface area contributed by atoms with Crippen LogP contribution in [0.1, 0.15) is 16.1 Å². The number of hydrogen-bond acceptors (Lipinski definition) is 4. The maximum Gasteiger partial charge on any atom is 0.433 e. The average Bonchev–Trinajstić information content (AvgIpc) is 2.99. The van der Waals surface area contributed by atoms with Gasteiger partial charge in [0.25, 0.3) is 0 Å². The number of carbonyl (C=O) groups excluding carboxylic acids is 1. The number of hydrogen-bond donors (Lipinski definition) is 1. The molecule has 1 N–H and O–H groups in total. The van der Waals surface area contributed by atoms with Crippen LogP contribution in [0.4, 0.5) is 19.0 Å². The molecule has 0 aromatic carbocycles. The van der Waals surface area contributed by atoms with Crippen LogP contribution in [0, 0.1) is 0 Å². The number of nitrogens with zero attached hydrogens (tertiary/aromatic N) is 2. The van der Waals surface area contributed by atoms with Crippen molar-refractivity contribution in [3.8, 4) is 0 Å². The third-order valence-electron chi connectivity index (χ3n) is 3.62. The molecule has 3 rings (SSSR count). The lowest BCUT2D eigenvalue weighted by Crippen LogP contribution is -2.38. The van der Waals surface area contributed by atoms with Gasteiger partial charge in [0.1, 0.15) is 11.5 Å². The molecule has 0 saturated carbocycles. The monoisotopic (exact) mass is 341 g/mol. The summed E-state index contributed by atoms with van der Waals surface area (Å²) in [4.78, 5) is 18.7. The number of alkyl halides is 3. The highest BCUT2D eigenvalue weighted by atomic mass is 32.1. The standard InChI is InChI=1S/C15H14F3N3OS/c16-15(17,18)12-2-1-3-13(20-12)19-8-14(22)21-6-4-11-10(9-21)5-7-23-11/h1-3,5,7H,4,6,8-9H2,(H,19,20). The van der Waals surface area contributed by atoms with E-state index < -0.39 is 11.9 Å². The van der Waals surface area contributed by atoms with Gasteiger partial charge in [-0.25, -0.2) is 4.98 Å². The molecule has 1 amide bonds. The zero-order valence-electron chi connectivity index (χ0n) is 12.1. The van der Waals surface area contributed by atoms with Crippen molar-refractivity contribution in [2.24, 2.45) is 0 Å². The van der Waals surface area contributed by atoms with Crippen molar-refractivity contribution in [2.75, 3.05) is 18.4 Å². The predicted molar refractivity (Wildman–Crippen MR) is 81.2 cm³/mol. The van der Waals surface area contributed by atoms with Crippen LogP contribution in [0.15, 0.2) is 29.6 Å². The summed E-state index contributed by atoms with van der Waals surface area (Å²) in [5.41, 5.74) is 0.169. The van der Waals surface area contributed by atoms with E-state index in [-0.39, 0.29) is 18.3 Å². The van der Waals surface area contributed by atoms with Gasteiger partial charge in [0.2, 0.25) is 5.91 Å². The second-order valence-corrected chi connectivity index (χ2v) is 6.19. The number of anilines is 1. The van der Waals surface area contributed by atoms with E-state index in [0.717, 1.165) is 18.1 Å². The second-order valence-electron chi connectivity index (χ2n) is 5.19. The molecule has 0 bridgehead atoms. The van der Waals surface area contributed by atoms with Gasteiger partial charge in [-0.2, -0.15) is 13.2 Å². The Labute approximate surface area is 135 Å². The van der Waals surface area contributed by atoms with Crippen molar-refractivity contribution < 1.29 is 18.0 Å². The maximum atomic E-state index is 12.6. The van der Waals surface area contributed by atoms with E-state index in [1.165, 1.54) is 17.0 Å². The Morgan fingerprint density at radius 3 is 2.96 bits per heavy atom. The molecule has 8 heteroatoms. The van der Waals surface area contributed by atoms with Gasteiger partial charge in [0, 0.05) is 18.0 Å². The second kappa shape index (κ2) is 6.19. The number of fused-ring (bicyclic) bond motifs is 1. The fourth-order valence-corrected chi connectivity index (χ4v) is 3.32. The van der Waals surface area contributed by atoms with E-state index in [1.807, 2.05) is 11.4 Å². The van der Waals surface area contributed by atoms with Crippen LogP contribution in [0.5, 0.6) is 0 Å². The Morgan fingerprint density at radius 1 is 1.35 bits per heavy atom. The first kappa shape index (κ1) is 15.8. The van der Waals surface area contributed by atoms with Gasteiger partial charge in [-0.15, -0.1) is 11.3 Å². The molecule has 0 spiro atoms. The minimum absolute atomic E-state index is 0.0430. The Kier molecular flexibility index (Phi) is 4.25. The van der Waals surface area contributed by atoms with Crippen LogP contribution in [0.3, 0.4) is 0 Å². The highest BCUT2D eigenvalue weighted by Crippen LogP contribution is 2.28. The fraction of sp³-hybridized carbons (Fsp3) is 0.333. The van der Waals surface area contributed by atoms with Crippen LogP contribution in [0.2, 0.25) is 0 Å². The van der Waals surface area contributed by atoms with E-state index in [2.05, 4.69) is 10.3 Å². The summed E-state index contributed by atoms with van der Waals surface area (Å²) in [5.74, 6) is -0.109. The van der Waals surface area contributed by atoms with Crippen molar-refractivity contribution in [2.45, 2.75) is 19.1 Å². The van der Waals surface area contributed by atoms with E-state index in [9.17, 15) is 18.0 Å². The van der Waals surface area contributed by atoms with E-state index >= 15 is 0 Å². The molecule has 122 valence electrons. The summed E-state index contributed by atoms with van der Waals surface area (Å²) in [5, 5.41) is 4.68. The molecule has 0 unspecified atom stereocenters. The summed E-state index contributed by atoms with van der Waals surface area (Å²) in [6.45, 7) is 1.10. The third kappa shape index (κ3) is 3.64. The van der Waals surface area contributed by atoms with Gasteiger partial charge >= 0.3 is 6.18 Å². The molecule has 0 atom stereocenters. The van der Waals surface area contributed by atoms with Crippen LogP contribution >= 0.6 is 11.3 Å². The molecule has 0 fully saturated rings. The summed E-state index contributed by atoms with van der Waals surface area (Å²) < 4.78 is 37.8. The number of nitrogens with one attached hydrogen (secondary N) is 1. The Morgan fingerprint density at radius 2 is 2.17 bits per heavy atom. The Hall–Kier alpha value is -2.09. The lowest BCUT2D eigenvalue weighted by molar-refractivity contribution is -0.141. The van der Waals surface area contributed by atoms with E-state index in [1.54, 1.807) is 16.2 Å². The smallest absolute Gasteiger partial charge is 0.361 e. The maximum absolute atomic E-state index is 12.6. The fourth-order valence-electron chi connectivity index (χ4n) is 2.43. The number of rotatable bonds is 3. The minimum Gasteiger partial charge on any atom is -0.361 e. The zero-order valence-corrected chi connectivity index (χ0v) is 12.9. The number of aromatic nitrogens is 1. The molecule has 0 saturated heterocycles. The van der Waals surface area contributed by atoms with E-state index in [0.29, 0.717) is 13.1 Å². The van der Waals surface area contributed by atoms with Gasteiger partial charge in [0.15, 0.2) is 0 Å². The first-order valence-corrected chi connectivity index (χ1v) is 7.92. The van der Waals surface area contributed by atoms with Crippen LogP contribution < -0.4 is 5.32 Å². The summed E-state index contributed by atoms with van der Waals surface area (Å²) in [7, 11) is 0. The molecule has 2 aromatic rings. The molecule has 2 aromatic heterocycles. The highest BCUT2D eigenvalue weighted by Gasteiger charge is 2.32. The van der Waals surface area contributed by atoms with Crippen LogP contribution in [0.25, 0.3) is 0 Å². The minimum atomic E-state index is -4.50. The molecule has 1 aliphatic rings. The van der Waals surface area contributed by atoms with Crippen molar-refractivity contribution in [3.05, 3.63) is 45.8 Å². The van der Waals surface area contributed by atoms with Crippen LogP contribution in [-0.2, 0) is 23.9 Å².